The molecule has 0 aliphatic heterocycles. The van der Waals surface area contributed by atoms with E-state index in [0.717, 1.165) is 5.56 Å². The van der Waals surface area contributed by atoms with Gasteiger partial charge in [0.05, 0.1) is 12.0 Å². The zero-order valence-electron chi connectivity index (χ0n) is 15.0. The molecule has 0 spiro atoms. The number of nitrogens with two attached hydrogens (primary N) is 1. The van der Waals surface area contributed by atoms with E-state index in [4.69, 9.17) is 15.7 Å². The third-order valence-corrected chi connectivity index (χ3v) is 5.91. The maximum Gasteiger partial charge on any atom is 0.244 e. The number of anilines is 1. The van der Waals surface area contributed by atoms with Crippen molar-refractivity contribution in [1.29, 1.82) is 0 Å². The van der Waals surface area contributed by atoms with Crippen LogP contribution in [0.25, 0.3) is 0 Å². The van der Waals surface area contributed by atoms with Crippen molar-refractivity contribution in [3.05, 3.63) is 54.1 Å². The molecule has 0 unspecified atom stereocenters. The van der Waals surface area contributed by atoms with Gasteiger partial charge in [-0.15, -0.1) is 0 Å². The molecule has 4 N–H and O–H groups in total. The molecular weight excluding hydrogens is 370 g/mol. The number of hydroxylamine groups is 1. The lowest BCUT2D eigenvalue weighted by Crippen LogP contribution is -2.36. The first-order valence-corrected chi connectivity index (χ1v) is 9.72. The van der Waals surface area contributed by atoms with E-state index in [-0.39, 0.29) is 24.4 Å². The number of hydrogen-bond donors (Lipinski definition) is 3. The number of carbonyl (C=O) groups excluding carboxylic acids is 1. The highest BCUT2D eigenvalue weighted by molar-refractivity contribution is 7.89. The topological polar surface area (TPSA) is 122 Å². The van der Waals surface area contributed by atoms with Gasteiger partial charge in [-0.3, -0.25) is 10.0 Å². The van der Waals surface area contributed by atoms with Crippen LogP contribution in [0.5, 0.6) is 5.75 Å². The molecule has 0 aliphatic carbocycles. The van der Waals surface area contributed by atoms with Gasteiger partial charge in [0.2, 0.25) is 15.9 Å². The van der Waals surface area contributed by atoms with E-state index in [2.05, 4.69) is 0 Å². The van der Waals surface area contributed by atoms with Crippen LogP contribution in [-0.4, -0.2) is 44.0 Å². The minimum atomic E-state index is -3.84. The van der Waals surface area contributed by atoms with Gasteiger partial charge >= 0.3 is 0 Å². The molecule has 0 saturated heterocycles. The van der Waals surface area contributed by atoms with E-state index in [1.165, 1.54) is 21.9 Å². The van der Waals surface area contributed by atoms with Gasteiger partial charge in [0.25, 0.3) is 0 Å². The Bertz CT molecular complexity index is 869. The molecule has 0 fully saturated rings. The van der Waals surface area contributed by atoms with Crippen LogP contribution in [0, 0.1) is 0 Å². The average Bonchev–Trinajstić information content (AvgIpc) is 2.67. The SMILES string of the molecule is COc1ccc(CCN(CCC(=O)NO)S(=O)(=O)c2cccc(N)c2)cc1. The Hall–Kier alpha value is -2.62. The highest BCUT2D eigenvalue weighted by Gasteiger charge is 2.25. The van der Waals surface area contributed by atoms with Crippen molar-refractivity contribution in [2.75, 3.05) is 25.9 Å². The zero-order valence-corrected chi connectivity index (χ0v) is 15.8. The summed E-state index contributed by atoms with van der Waals surface area (Å²) in [5.74, 6) is 0.0508. The van der Waals surface area contributed by atoms with E-state index in [1.807, 2.05) is 12.1 Å². The number of hydrogen-bond acceptors (Lipinski definition) is 6. The molecule has 146 valence electrons. The van der Waals surface area contributed by atoms with E-state index in [0.29, 0.717) is 17.9 Å². The summed E-state index contributed by atoms with van der Waals surface area (Å²) in [6, 6.07) is 13.3. The summed E-state index contributed by atoms with van der Waals surface area (Å²) in [4.78, 5) is 11.4. The van der Waals surface area contributed by atoms with E-state index >= 15 is 0 Å². The molecule has 0 atom stereocenters. The highest BCUT2D eigenvalue weighted by atomic mass is 32.2. The smallest absolute Gasteiger partial charge is 0.244 e. The fourth-order valence-electron chi connectivity index (χ4n) is 2.50. The first kappa shape index (κ1) is 20.7. The summed E-state index contributed by atoms with van der Waals surface area (Å²) < 4.78 is 32.2. The van der Waals surface area contributed by atoms with Crippen molar-refractivity contribution >= 4 is 21.6 Å². The Labute approximate surface area is 158 Å². The lowest BCUT2D eigenvalue weighted by molar-refractivity contribution is -0.129. The van der Waals surface area contributed by atoms with Gasteiger partial charge in [0.1, 0.15) is 5.75 Å². The molecule has 0 radical (unpaired) electrons. The van der Waals surface area contributed by atoms with Crippen molar-refractivity contribution in [3.8, 4) is 5.75 Å². The predicted molar refractivity (Wildman–Crippen MR) is 101 cm³/mol. The van der Waals surface area contributed by atoms with Crippen molar-refractivity contribution < 1.29 is 23.2 Å². The predicted octanol–water partition coefficient (Wildman–Crippen LogP) is 1.41. The zero-order chi connectivity index (χ0) is 19.9. The number of ether oxygens (including phenoxy) is 1. The fraction of sp³-hybridized carbons (Fsp3) is 0.278. The van der Waals surface area contributed by atoms with E-state index < -0.39 is 15.9 Å². The van der Waals surface area contributed by atoms with Crippen molar-refractivity contribution in [1.82, 2.24) is 9.79 Å². The highest BCUT2D eigenvalue weighted by Crippen LogP contribution is 2.20. The quantitative estimate of drug-likeness (QED) is 0.336. The summed E-state index contributed by atoms with van der Waals surface area (Å²) in [6.07, 6.45) is 0.285. The number of nitrogens with zero attached hydrogens (tertiary/aromatic N) is 1. The van der Waals surface area contributed by atoms with Crippen LogP contribution in [0.2, 0.25) is 0 Å². The van der Waals surface area contributed by atoms with E-state index in [9.17, 15) is 13.2 Å². The van der Waals surface area contributed by atoms with Gasteiger partial charge in [-0.1, -0.05) is 18.2 Å². The summed E-state index contributed by atoms with van der Waals surface area (Å²) >= 11 is 0. The molecule has 8 nitrogen and oxygen atoms in total. The summed E-state index contributed by atoms with van der Waals surface area (Å²) in [5, 5.41) is 8.67. The number of rotatable bonds is 9. The third kappa shape index (κ3) is 5.68. The van der Waals surface area contributed by atoms with Crippen LogP contribution in [0.1, 0.15) is 12.0 Å². The third-order valence-electron chi connectivity index (χ3n) is 4.02. The molecular formula is C18H23N3O5S. The molecule has 9 heteroatoms. The molecule has 1 amide bonds. The van der Waals surface area contributed by atoms with Crippen LogP contribution >= 0.6 is 0 Å². The molecule has 0 bridgehead atoms. The largest absolute Gasteiger partial charge is 0.497 e. The second-order valence-electron chi connectivity index (χ2n) is 5.86. The number of carbonyl (C=O) groups is 1. The lowest BCUT2D eigenvalue weighted by atomic mass is 10.1. The Kier molecular flexibility index (Phi) is 7.17. The molecule has 2 aromatic rings. The number of sulfonamides is 1. The monoisotopic (exact) mass is 393 g/mol. The molecule has 0 aliphatic rings. The van der Waals surface area contributed by atoms with E-state index in [1.54, 1.807) is 31.4 Å². The molecule has 2 aromatic carbocycles. The van der Waals surface area contributed by atoms with Gasteiger partial charge in [-0.25, -0.2) is 13.9 Å². The summed E-state index contributed by atoms with van der Waals surface area (Å²) in [5.41, 5.74) is 8.47. The molecule has 27 heavy (non-hydrogen) atoms. The number of benzene rings is 2. The molecule has 2 rings (SSSR count). The molecule has 0 aromatic heterocycles. The molecule has 0 saturated carbocycles. The Morgan fingerprint density at radius 3 is 2.48 bits per heavy atom. The van der Waals surface area contributed by atoms with Crippen LogP contribution in [-0.2, 0) is 21.2 Å². The second kappa shape index (κ2) is 9.36. The second-order valence-corrected chi connectivity index (χ2v) is 7.80. The van der Waals surface area contributed by atoms with Gasteiger partial charge in [-0.2, -0.15) is 4.31 Å². The van der Waals surface area contributed by atoms with Crippen LogP contribution < -0.4 is 16.0 Å². The van der Waals surface area contributed by atoms with Gasteiger partial charge in [-0.05, 0) is 42.3 Å². The molecule has 0 heterocycles. The maximum atomic E-state index is 13.0. The number of nitrogens with one attached hydrogen (secondary N) is 1. The first-order valence-electron chi connectivity index (χ1n) is 8.28. The van der Waals surface area contributed by atoms with Crippen molar-refractivity contribution in [2.24, 2.45) is 0 Å². The Morgan fingerprint density at radius 2 is 1.89 bits per heavy atom. The standard InChI is InChI=1S/C18H23N3O5S/c1-26-16-7-5-14(6-8-16)9-11-21(12-10-18(22)20-23)27(24,25)17-4-2-3-15(19)13-17/h2-8,13,23H,9-12,19H2,1H3,(H,20,22). The summed E-state index contributed by atoms with van der Waals surface area (Å²) in [7, 11) is -2.27. The minimum Gasteiger partial charge on any atom is -0.497 e. The van der Waals surface area contributed by atoms with Crippen molar-refractivity contribution in [3.63, 3.8) is 0 Å². The number of methoxy groups -OCH3 is 1. The van der Waals surface area contributed by atoms with Crippen LogP contribution in [0.3, 0.4) is 0 Å². The van der Waals surface area contributed by atoms with Crippen LogP contribution in [0.4, 0.5) is 5.69 Å². The minimum absolute atomic E-state index is 0.0571. The van der Waals surface area contributed by atoms with Gasteiger partial charge in [0.15, 0.2) is 0 Å². The number of amides is 1. The normalized spacial score (nSPS) is 11.4. The Balaban J connectivity index is 2.20. The Morgan fingerprint density at radius 1 is 1.19 bits per heavy atom. The maximum absolute atomic E-state index is 13.0. The summed E-state index contributed by atoms with van der Waals surface area (Å²) in [6.45, 7) is 0.0991. The average molecular weight is 393 g/mol. The van der Waals surface area contributed by atoms with Gasteiger partial charge in [0, 0.05) is 25.2 Å². The van der Waals surface area contributed by atoms with Crippen LogP contribution in [0.15, 0.2) is 53.4 Å². The van der Waals surface area contributed by atoms with Gasteiger partial charge < -0.3 is 10.5 Å². The first-order chi connectivity index (χ1) is 12.9. The lowest BCUT2D eigenvalue weighted by Gasteiger charge is -2.22. The fourth-order valence-corrected chi connectivity index (χ4v) is 4.00. The van der Waals surface area contributed by atoms with Crippen molar-refractivity contribution in [2.45, 2.75) is 17.7 Å². The number of nitrogen functional groups attached to an aromatic ring is 1.